The van der Waals surface area contributed by atoms with Gasteiger partial charge in [-0.25, -0.2) is 12.7 Å². The molecule has 114 valence electrons. The average Bonchev–Trinajstić information content (AvgIpc) is 2.27. The predicted molar refractivity (Wildman–Crippen MR) is 77.1 cm³/mol. The molecule has 0 spiro atoms. The second kappa shape index (κ2) is 8.50. The van der Waals surface area contributed by atoms with Gasteiger partial charge < -0.3 is 11.1 Å². The van der Waals surface area contributed by atoms with Crippen LogP contribution in [-0.2, 0) is 14.8 Å². The molecule has 7 heteroatoms. The van der Waals surface area contributed by atoms with Crippen molar-refractivity contribution in [3.63, 3.8) is 0 Å². The van der Waals surface area contributed by atoms with Crippen molar-refractivity contribution in [3.05, 3.63) is 0 Å². The number of nitrogens with two attached hydrogens (primary N) is 1. The number of nitrogens with zero attached hydrogens (tertiary/aromatic N) is 1. The second-order valence-electron chi connectivity index (χ2n) is 5.20. The Balaban J connectivity index is 3.92. The fourth-order valence-electron chi connectivity index (χ4n) is 1.54. The molecule has 0 saturated carbocycles. The smallest absolute Gasteiger partial charge is 0.222 e. The maximum Gasteiger partial charge on any atom is 0.222 e. The Labute approximate surface area is 116 Å². The van der Waals surface area contributed by atoms with Gasteiger partial charge in [0, 0.05) is 32.6 Å². The lowest BCUT2D eigenvalue weighted by Crippen LogP contribution is -2.36. The molecular formula is C12H27N3O3S. The molecule has 0 aliphatic carbocycles. The van der Waals surface area contributed by atoms with Crippen molar-refractivity contribution in [2.75, 3.05) is 26.4 Å². The normalized spacial score (nSPS) is 15.3. The van der Waals surface area contributed by atoms with Crippen LogP contribution in [0.15, 0.2) is 0 Å². The van der Waals surface area contributed by atoms with Crippen LogP contribution < -0.4 is 11.1 Å². The summed E-state index contributed by atoms with van der Waals surface area (Å²) in [4.78, 5) is 11.7. The van der Waals surface area contributed by atoms with Crippen LogP contribution in [0, 0.1) is 5.92 Å². The summed E-state index contributed by atoms with van der Waals surface area (Å²) >= 11 is 0. The Morgan fingerprint density at radius 2 is 1.84 bits per heavy atom. The number of carbonyl (C=O) groups excluding carboxylic acids is 1. The van der Waals surface area contributed by atoms with Gasteiger partial charge in [0.2, 0.25) is 15.9 Å². The lowest BCUT2D eigenvalue weighted by atomic mass is 10.0. The number of nitrogens with one attached hydrogen (secondary N) is 1. The molecule has 0 aromatic carbocycles. The van der Waals surface area contributed by atoms with E-state index in [2.05, 4.69) is 5.32 Å². The van der Waals surface area contributed by atoms with Crippen molar-refractivity contribution >= 4 is 15.9 Å². The van der Waals surface area contributed by atoms with Crippen molar-refractivity contribution in [1.29, 1.82) is 0 Å². The third-order valence-corrected chi connectivity index (χ3v) is 4.79. The molecule has 0 aliphatic heterocycles. The van der Waals surface area contributed by atoms with E-state index in [0.717, 1.165) is 23.6 Å². The molecule has 3 N–H and O–H groups in total. The monoisotopic (exact) mass is 293 g/mol. The van der Waals surface area contributed by atoms with E-state index in [0.29, 0.717) is 0 Å². The number of rotatable bonds is 9. The number of sulfonamides is 1. The topological polar surface area (TPSA) is 92.5 Å². The number of carbonyl (C=O) groups is 1. The van der Waals surface area contributed by atoms with E-state index in [1.54, 1.807) is 0 Å². The molecule has 0 aromatic rings. The van der Waals surface area contributed by atoms with E-state index in [-0.39, 0.29) is 30.2 Å². The highest BCUT2D eigenvalue weighted by Gasteiger charge is 2.16. The van der Waals surface area contributed by atoms with Crippen molar-refractivity contribution in [2.24, 2.45) is 11.7 Å². The van der Waals surface area contributed by atoms with Crippen molar-refractivity contribution < 1.29 is 13.2 Å². The Morgan fingerprint density at radius 1 is 1.26 bits per heavy atom. The summed E-state index contributed by atoms with van der Waals surface area (Å²) in [6, 6.07) is 0.153. The Morgan fingerprint density at radius 3 is 2.32 bits per heavy atom. The SMILES string of the molecule is CC(N)CCCC(C)C(=O)NCCS(=O)(=O)N(C)C. The summed E-state index contributed by atoms with van der Waals surface area (Å²) in [7, 11) is -0.286. The van der Waals surface area contributed by atoms with E-state index < -0.39 is 10.0 Å². The molecule has 2 atom stereocenters. The summed E-state index contributed by atoms with van der Waals surface area (Å²) in [5.74, 6) is -0.280. The molecule has 19 heavy (non-hydrogen) atoms. The fourth-order valence-corrected chi connectivity index (χ4v) is 2.26. The molecule has 0 bridgehead atoms. The maximum atomic E-state index is 11.7. The Bertz CT molecular complexity index is 366. The zero-order valence-corrected chi connectivity index (χ0v) is 13.2. The largest absolute Gasteiger partial charge is 0.355 e. The first-order valence-electron chi connectivity index (χ1n) is 6.60. The van der Waals surface area contributed by atoms with Crippen LogP contribution in [0.25, 0.3) is 0 Å². The van der Waals surface area contributed by atoms with E-state index in [4.69, 9.17) is 5.73 Å². The third-order valence-electron chi connectivity index (χ3n) is 2.96. The van der Waals surface area contributed by atoms with Gasteiger partial charge in [-0.15, -0.1) is 0 Å². The number of hydrogen-bond donors (Lipinski definition) is 2. The van der Waals surface area contributed by atoms with E-state index >= 15 is 0 Å². The molecule has 0 saturated heterocycles. The van der Waals surface area contributed by atoms with Crippen LogP contribution in [0.3, 0.4) is 0 Å². The van der Waals surface area contributed by atoms with Crippen molar-refractivity contribution in [1.82, 2.24) is 9.62 Å². The zero-order valence-electron chi connectivity index (χ0n) is 12.3. The van der Waals surface area contributed by atoms with Gasteiger partial charge in [-0.2, -0.15) is 0 Å². The average molecular weight is 293 g/mol. The molecule has 0 heterocycles. The van der Waals surface area contributed by atoms with Crippen LogP contribution >= 0.6 is 0 Å². The van der Waals surface area contributed by atoms with Gasteiger partial charge in [0.15, 0.2) is 0 Å². The van der Waals surface area contributed by atoms with Gasteiger partial charge in [-0.1, -0.05) is 13.3 Å². The predicted octanol–water partition coefficient (Wildman–Crippen LogP) is 0.148. The third kappa shape index (κ3) is 8.18. The van der Waals surface area contributed by atoms with Gasteiger partial charge in [-0.05, 0) is 19.8 Å². The highest BCUT2D eigenvalue weighted by molar-refractivity contribution is 7.89. The minimum Gasteiger partial charge on any atom is -0.355 e. The fraction of sp³-hybridized carbons (Fsp3) is 0.917. The van der Waals surface area contributed by atoms with Crippen LogP contribution in [0.4, 0.5) is 0 Å². The van der Waals surface area contributed by atoms with E-state index in [1.807, 2.05) is 13.8 Å². The van der Waals surface area contributed by atoms with Crippen LogP contribution in [0.5, 0.6) is 0 Å². The Kier molecular flexibility index (Phi) is 8.20. The highest BCUT2D eigenvalue weighted by Crippen LogP contribution is 2.08. The minimum absolute atomic E-state index is 0.0711. The number of hydrogen-bond acceptors (Lipinski definition) is 4. The standard InChI is InChI=1S/C12H27N3O3S/c1-10(6-5-7-11(2)13)12(16)14-8-9-19(17,18)15(3)4/h10-11H,5-9,13H2,1-4H3,(H,14,16). The summed E-state index contributed by atoms with van der Waals surface area (Å²) in [5, 5.41) is 2.66. The van der Waals surface area contributed by atoms with Gasteiger partial charge in [0.1, 0.15) is 0 Å². The molecule has 0 rings (SSSR count). The number of amides is 1. The molecule has 6 nitrogen and oxygen atoms in total. The van der Waals surface area contributed by atoms with Gasteiger partial charge in [0.05, 0.1) is 5.75 Å². The summed E-state index contributed by atoms with van der Waals surface area (Å²) in [6.45, 7) is 3.94. The Hall–Kier alpha value is -0.660. The summed E-state index contributed by atoms with van der Waals surface area (Å²) < 4.78 is 24.1. The first-order valence-corrected chi connectivity index (χ1v) is 8.21. The van der Waals surface area contributed by atoms with E-state index in [1.165, 1.54) is 14.1 Å². The zero-order chi connectivity index (χ0) is 15.1. The molecule has 2 unspecified atom stereocenters. The van der Waals surface area contributed by atoms with Crippen LogP contribution in [0.1, 0.15) is 33.1 Å². The maximum absolute atomic E-state index is 11.7. The second-order valence-corrected chi connectivity index (χ2v) is 7.50. The molecule has 1 amide bonds. The van der Waals surface area contributed by atoms with Crippen molar-refractivity contribution in [2.45, 2.75) is 39.2 Å². The molecular weight excluding hydrogens is 266 g/mol. The van der Waals surface area contributed by atoms with E-state index in [9.17, 15) is 13.2 Å². The van der Waals surface area contributed by atoms with Gasteiger partial charge in [-0.3, -0.25) is 4.79 Å². The van der Waals surface area contributed by atoms with Gasteiger partial charge in [0.25, 0.3) is 0 Å². The van der Waals surface area contributed by atoms with Crippen LogP contribution in [-0.4, -0.2) is 51.1 Å². The minimum atomic E-state index is -3.25. The summed E-state index contributed by atoms with van der Waals surface area (Å²) in [6.07, 6.45) is 2.57. The van der Waals surface area contributed by atoms with Gasteiger partial charge >= 0.3 is 0 Å². The molecule has 0 fully saturated rings. The van der Waals surface area contributed by atoms with Crippen LogP contribution in [0.2, 0.25) is 0 Å². The lowest BCUT2D eigenvalue weighted by Gasteiger charge is -2.14. The highest BCUT2D eigenvalue weighted by atomic mass is 32.2. The summed E-state index contributed by atoms with van der Waals surface area (Å²) in [5.41, 5.74) is 5.64. The molecule has 0 aromatic heterocycles. The first-order chi connectivity index (χ1) is 8.66. The van der Waals surface area contributed by atoms with Crippen molar-refractivity contribution in [3.8, 4) is 0 Å². The molecule has 0 aliphatic rings. The lowest BCUT2D eigenvalue weighted by molar-refractivity contribution is -0.124. The quantitative estimate of drug-likeness (QED) is 0.633. The first kappa shape index (κ1) is 18.3. The molecule has 0 radical (unpaired) electrons.